The third-order valence-electron chi connectivity index (χ3n) is 4.46. The predicted octanol–water partition coefficient (Wildman–Crippen LogP) is 4.91. The second kappa shape index (κ2) is 8.50. The van der Waals surface area contributed by atoms with Gasteiger partial charge in [-0.05, 0) is 37.2 Å². The Labute approximate surface area is 148 Å². The Balaban J connectivity index is 2.15. The van der Waals surface area contributed by atoms with Crippen LogP contribution < -0.4 is 10.3 Å². The molecule has 24 heavy (non-hydrogen) atoms. The van der Waals surface area contributed by atoms with Gasteiger partial charge in [0.05, 0.1) is 17.1 Å². The number of benzene rings is 1. The van der Waals surface area contributed by atoms with Crippen molar-refractivity contribution >= 4 is 5.69 Å². The molecule has 2 aromatic rings. The molecule has 2 aromatic carbocycles. The van der Waals surface area contributed by atoms with Crippen LogP contribution in [0, 0.1) is 18.8 Å². The second-order valence-corrected chi connectivity index (χ2v) is 7.90. The molecular formula is C22H34N2. The van der Waals surface area contributed by atoms with Crippen molar-refractivity contribution < 1.29 is 0 Å². The SMILES string of the molecule is CC[C@H](Cc1ccccc1)N=c1c(C)c1N(CC(C)C)CC(C)C. The third-order valence-corrected chi connectivity index (χ3v) is 4.46. The van der Waals surface area contributed by atoms with Crippen molar-refractivity contribution in [3.05, 3.63) is 46.8 Å². The molecule has 0 aliphatic heterocycles. The van der Waals surface area contributed by atoms with Gasteiger partial charge in [-0.1, -0.05) is 65.0 Å². The maximum atomic E-state index is 5.10. The number of hydrogen-bond acceptors (Lipinski definition) is 2. The summed E-state index contributed by atoms with van der Waals surface area (Å²) in [4.78, 5) is 7.65. The van der Waals surface area contributed by atoms with Crippen molar-refractivity contribution in [1.82, 2.24) is 0 Å². The fraction of sp³-hybridized carbons (Fsp3) is 0.591. The number of rotatable bonds is 9. The lowest BCUT2D eigenvalue weighted by molar-refractivity contribution is 0.554. The van der Waals surface area contributed by atoms with Gasteiger partial charge in [-0.3, -0.25) is 4.99 Å². The van der Waals surface area contributed by atoms with Crippen LogP contribution in [-0.2, 0) is 6.42 Å². The van der Waals surface area contributed by atoms with E-state index in [0.29, 0.717) is 17.9 Å². The number of nitrogens with zero attached hydrogens (tertiary/aromatic N) is 2. The summed E-state index contributed by atoms with van der Waals surface area (Å²) >= 11 is 0. The van der Waals surface area contributed by atoms with Crippen LogP contribution in [0.1, 0.15) is 52.2 Å². The van der Waals surface area contributed by atoms with Gasteiger partial charge in [-0.15, -0.1) is 0 Å². The van der Waals surface area contributed by atoms with Gasteiger partial charge in [0.1, 0.15) is 0 Å². The third kappa shape index (κ3) is 5.22. The smallest absolute Gasteiger partial charge is 0.0865 e. The summed E-state index contributed by atoms with van der Waals surface area (Å²) < 4.78 is 0. The van der Waals surface area contributed by atoms with E-state index in [1.807, 2.05) is 0 Å². The van der Waals surface area contributed by atoms with Crippen LogP contribution in [0.5, 0.6) is 0 Å². The molecule has 0 N–H and O–H groups in total. The highest BCUT2D eigenvalue weighted by Crippen LogP contribution is 2.24. The van der Waals surface area contributed by atoms with Crippen LogP contribution >= 0.6 is 0 Å². The fourth-order valence-corrected chi connectivity index (χ4v) is 3.29. The fourth-order valence-electron chi connectivity index (χ4n) is 3.29. The Bertz CT molecular complexity index is 620. The van der Waals surface area contributed by atoms with Crippen molar-refractivity contribution in [3.63, 3.8) is 0 Å². The molecule has 1 atom stereocenters. The molecule has 0 unspecified atom stereocenters. The molecule has 2 nitrogen and oxygen atoms in total. The second-order valence-electron chi connectivity index (χ2n) is 7.90. The minimum atomic E-state index is 0.384. The normalized spacial score (nSPS) is 14.1. The Kier molecular flexibility index (Phi) is 6.65. The molecule has 0 bridgehead atoms. The molecule has 0 saturated carbocycles. The van der Waals surface area contributed by atoms with Crippen LogP contribution in [0.4, 0.5) is 5.69 Å². The summed E-state index contributed by atoms with van der Waals surface area (Å²) in [7, 11) is 0. The van der Waals surface area contributed by atoms with Crippen LogP contribution in [0.25, 0.3) is 0 Å². The van der Waals surface area contributed by atoms with E-state index in [-0.39, 0.29) is 0 Å². The zero-order valence-corrected chi connectivity index (χ0v) is 16.3. The topological polar surface area (TPSA) is 15.6 Å². The molecular weight excluding hydrogens is 292 g/mol. The van der Waals surface area contributed by atoms with Gasteiger partial charge in [0.25, 0.3) is 0 Å². The molecule has 0 saturated heterocycles. The first kappa shape index (κ1) is 18.8. The summed E-state index contributed by atoms with van der Waals surface area (Å²) in [6.45, 7) is 15.9. The summed E-state index contributed by atoms with van der Waals surface area (Å²) in [5.41, 5.74) is 4.21. The highest BCUT2D eigenvalue weighted by molar-refractivity contribution is 5.65. The minimum absolute atomic E-state index is 0.384. The van der Waals surface area contributed by atoms with Crippen molar-refractivity contribution in [2.45, 2.75) is 60.4 Å². The van der Waals surface area contributed by atoms with E-state index in [0.717, 1.165) is 25.9 Å². The molecule has 0 spiro atoms. The number of anilines is 1. The van der Waals surface area contributed by atoms with Crippen LogP contribution in [0.2, 0.25) is 0 Å². The summed E-state index contributed by atoms with van der Waals surface area (Å²) in [6.07, 6.45) is 2.13. The monoisotopic (exact) mass is 326 g/mol. The maximum Gasteiger partial charge on any atom is 0.0865 e. The van der Waals surface area contributed by atoms with Gasteiger partial charge >= 0.3 is 0 Å². The van der Waals surface area contributed by atoms with Gasteiger partial charge < -0.3 is 4.90 Å². The Morgan fingerprint density at radius 2 is 1.54 bits per heavy atom. The van der Waals surface area contributed by atoms with Crippen LogP contribution in [0.15, 0.2) is 35.3 Å². The highest BCUT2D eigenvalue weighted by atomic mass is 15.2. The van der Waals surface area contributed by atoms with Crippen molar-refractivity contribution in [2.24, 2.45) is 16.8 Å². The first-order valence-electron chi connectivity index (χ1n) is 9.50. The zero-order chi connectivity index (χ0) is 17.7. The van der Waals surface area contributed by atoms with Gasteiger partial charge in [-0.25, -0.2) is 0 Å². The lowest BCUT2D eigenvalue weighted by Crippen LogP contribution is -2.31. The van der Waals surface area contributed by atoms with Gasteiger partial charge in [0.2, 0.25) is 0 Å². The molecule has 2 rings (SSSR count). The molecule has 0 aliphatic carbocycles. The summed E-state index contributed by atoms with van der Waals surface area (Å²) in [6, 6.07) is 11.1. The van der Waals surface area contributed by atoms with E-state index in [1.54, 1.807) is 0 Å². The molecule has 0 aliphatic rings. The average molecular weight is 327 g/mol. The first-order chi connectivity index (χ1) is 11.4. The Morgan fingerprint density at radius 3 is 2.04 bits per heavy atom. The predicted molar refractivity (Wildman–Crippen MR) is 105 cm³/mol. The lowest BCUT2D eigenvalue weighted by atomic mass is 10.0. The van der Waals surface area contributed by atoms with E-state index < -0.39 is 0 Å². The van der Waals surface area contributed by atoms with Crippen molar-refractivity contribution in [2.75, 3.05) is 18.0 Å². The molecule has 0 heterocycles. The summed E-state index contributed by atoms with van der Waals surface area (Å²) in [5.74, 6) is 1.36. The van der Waals surface area contributed by atoms with E-state index in [4.69, 9.17) is 4.99 Å². The Morgan fingerprint density at radius 1 is 0.958 bits per heavy atom. The summed E-state index contributed by atoms with van der Waals surface area (Å²) in [5, 5.41) is 1.28. The van der Waals surface area contributed by atoms with Crippen LogP contribution in [0.3, 0.4) is 0 Å². The van der Waals surface area contributed by atoms with E-state index in [2.05, 4.69) is 76.8 Å². The molecule has 0 radical (unpaired) electrons. The zero-order valence-electron chi connectivity index (χ0n) is 16.3. The molecule has 132 valence electrons. The van der Waals surface area contributed by atoms with Crippen molar-refractivity contribution in [1.29, 1.82) is 0 Å². The largest absolute Gasteiger partial charge is 0.369 e. The van der Waals surface area contributed by atoms with E-state index >= 15 is 0 Å². The number of hydrogen-bond donors (Lipinski definition) is 0. The molecule has 0 aromatic heterocycles. The first-order valence-corrected chi connectivity index (χ1v) is 9.50. The molecule has 2 heteroatoms. The quantitative estimate of drug-likeness (QED) is 0.639. The minimum Gasteiger partial charge on any atom is -0.369 e. The van der Waals surface area contributed by atoms with Crippen molar-refractivity contribution in [3.8, 4) is 0 Å². The highest BCUT2D eigenvalue weighted by Gasteiger charge is 2.24. The maximum absolute atomic E-state index is 5.10. The molecule has 0 fully saturated rings. The molecule has 0 amide bonds. The van der Waals surface area contributed by atoms with Crippen LogP contribution in [-0.4, -0.2) is 19.1 Å². The van der Waals surface area contributed by atoms with Gasteiger partial charge in [0.15, 0.2) is 0 Å². The van der Waals surface area contributed by atoms with Gasteiger partial charge in [-0.2, -0.15) is 0 Å². The average Bonchev–Trinajstić information content (AvgIpc) is 3.15. The Hall–Kier alpha value is -1.57. The standard InChI is InChI=1S/C22H34N2/c1-7-20(13-19-11-9-8-10-12-19)23-21-18(6)22(21)24(14-16(2)3)15-17(4)5/h8-12,16-17,20H,7,13-15H2,1-6H3/t20-/m1/s1. The van der Waals surface area contributed by atoms with E-state index in [1.165, 1.54) is 22.2 Å². The lowest BCUT2D eigenvalue weighted by Gasteiger charge is -2.25. The van der Waals surface area contributed by atoms with E-state index in [9.17, 15) is 0 Å². The van der Waals surface area contributed by atoms with Gasteiger partial charge in [0, 0.05) is 18.7 Å².